The Kier molecular flexibility index (Phi) is 5.96. The first kappa shape index (κ1) is 12.1. The van der Waals surface area contributed by atoms with Crippen LogP contribution in [0, 0.1) is 0 Å². The van der Waals surface area contributed by atoms with Crippen molar-refractivity contribution in [3.8, 4) is 0 Å². The van der Waals surface area contributed by atoms with E-state index in [9.17, 15) is 0 Å². The standard InChI is InChI=1S/C10H20N4O/c1-2-3-5-11-8-10-9-14(13-12-10)6-4-7-15/h9,11,15H,2-8H2,1H3. The number of aliphatic hydroxyl groups excluding tert-OH is 1. The highest BCUT2D eigenvalue weighted by Gasteiger charge is 1.99. The zero-order valence-corrected chi connectivity index (χ0v) is 9.32. The molecule has 0 saturated carbocycles. The molecule has 0 radical (unpaired) electrons. The predicted molar refractivity (Wildman–Crippen MR) is 58.3 cm³/mol. The fourth-order valence-electron chi connectivity index (χ4n) is 1.28. The molecular weight excluding hydrogens is 192 g/mol. The molecule has 0 aliphatic heterocycles. The highest BCUT2D eigenvalue weighted by atomic mass is 16.3. The Morgan fingerprint density at radius 2 is 2.33 bits per heavy atom. The Morgan fingerprint density at radius 1 is 1.47 bits per heavy atom. The van der Waals surface area contributed by atoms with E-state index in [-0.39, 0.29) is 6.61 Å². The van der Waals surface area contributed by atoms with Crippen LogP contribution in [0.4, 0.5) is 0 Å². The van der Waals surface area contributed by atoms with Gasteiger partial charge in [-0.3, -0.25) is 4.68 Å². The van der Waals surface area contributed by atoms with Crippen molar-refractivity contribution in [3.05, 3.63) is 11.9 Å². The van der Waals surface area contributed by atoms with Crippen LogP contribution in [-0.2, 0) is 13.1 Å². The van der Waals surface area contributed by atoms with Crippen molar-refractivity contribution < 1.29 is 5.11 Å². The topological polar surface area (TPSA) is 63.0 Å². The van der Waals surface area contributed by atoms with E-state index in [1.165, 1.54) is 12.8 Å². The second kappa shape index (κ2) is 7.36. The molecule has 0 atom stereocenters. The minimum absolute atomic E-state index is 0.198. The molecule has 2 N–H and O–H groups in total. The first-order chi connectivity index (χ1) is 7.36. The summed E-state index contributed by atoms with van der Waals surface area (Å²) in [5.74, 6) is 0. The van der Waals surface area contributed by atoms with Crippen molar-refractivity contribution in [1.82, 2.24) is 20.3 Å². The molecule has 1 aromatic rings. The molecule has 86 valence electrons. The van der Waals surface area contributed by atoms with Crippen LogP contribution in [-0.4, -0.2) is 33.3 Å². The lowest BCUT2D eigenvalue weighted by Crippen LogP contribution is -2.14. The van der Waals surface area contributed by atoms with Gasteiger partial charge in [-0.1, -0.05) is 18.6 Å². The van der Waals surface area contributed by atoms with Crippen molar-refractivity contribution >= 4 is 0 Å². The summed E-state index contributed by atoms with van der Waals surface area (Å²) in [6, 6.07) is 0. The van der Waals surface area contributed by atoms with Gasteiger partial charge in [0.1, 0.15) is 0 Å². The third kappa shape index (κ3) is 4.90. The minimum Gasteiger partial charge on any atom is -0.396 e. The summed E-state index contributed by atoms with van der Waals surface area (Å²) in [6.45, 7) is 4.91. The Bertz CT molecular complexity index is 262. The zero-order chi connectivity index (χ0) is 10.9. The van der Waals surface area contributed by atoms with Crippen LogP contribution in [0.5, 0.6) is 0 Å². The lowest BCUT2D eigenvalue weighted by molar-refractivity contribution is 0.276. The third-order valence-corrected chi connectivity index (χ3v) is 2.14. The summed E-state index contributed by atoms with van der Waals surface area (Å²) in [5, 5.41) is 20.0. The summed E-state index contributed by atoms with van der Waals surface area (Å²) in [6.07, 6.45) is 5.05. The Balaban J connectivity index is 2.20. The van der Waals surface area contributed by atoms with Crippen molar-refractivity contribution in [2.75, 3.05) is 13.2 Å². The summed E-state index contributed by atoms with van der Waals surface area (Å²) >= 11 is 0. The molecule has 1 heterocycles. The van der Waals surface area contributed by atoms with E-state index >= 15 is 0 Å². The summed E-state index contributed by atoms with van der Waals surface area (Å²) in [5.41, 5.74) is 0.962. The van der Waals surface area contributed by atoms with E-state index in [0.717, 1.165) is 31.7 Å². The first-order valence-corrected chi connectivity index (χ1v) is 5.57. The lowest BCUT2D eigenvalue weighted by Gasteiger charge is -1.99. The van der Waals surface area contributed by atoms with Gasteiger partial charge in [0.15, 0.2) is 0 Å². The van der Waals surface area contributed by atoms with Crippen molar-refractivity contribution in [1.29, 1.82) is 0 Å². The van der Waals surface area contributed by atoms with Crippen molar-refractivity contribution in [2.24, 2.45) is 0 Å². The van der Waals surface area contributed by atoms with E-state index < -0.39 is 0 Å². The summed E-state index contributed by atoms with van der Waals surface area (Å²) in [7, 11) is 0. The Labute approximate surface area is 90.5 Å². The molecule has 15 heavy (non-hydrogen) atoms. The molecule has 5 heteroatoms. The molecule has 0 unspecified atom stereocenters. The number of aromatic nitrogens is 3. The molecule has 1 rings (SSSR count). The lowest BCUT2D eigenvalue weighted by atomic mass is 10.3. The van der Waals surface area contributed by atoms with Gasteiger partial charge in [0, 0.05) is 25.9 Å². The van der Waals surface area contributed by atoms with Gasteiger partial charge in [-0.25, -0.2) is 0 Å². The molecule has 0 aliphatic carbocycles. The molecule has 0 aromatic carbocycles. The normalized spacial score (nSPS) is 10.8. The maximum atomic E-state index is 8.66. The molecule has 5 nitrogen and oxygen atoms in total. The summed E-state index contributed by atoms with van der Waals surface area (Å²) in [4.78, 5) is 0. The second-order valence-corrected chi connectivity index (χ2v) is 3.58. The number of hydrogen-bond donors (Lipinski definition) is 2. The van der Waals surface area contributed by atoms with Crippen molar-refractivity contribution in [2.45, 2.75) is 39.3 Å². The molecule has 0 saturated heterocycles. The third-order valence-electron chi connectivity index (χ3n) is 2.14. The molecular formula is C10H20N4O. The largest absolute Gasteiger partial charge is 0.396 e. The van der Waals surface area contributed by atoms with E-state index in [4.69, 9.17) is 5.11 Å². The molecule has 1 aromatic heterocycles. The number of hydrogen-bond acceptors (Lipinski definition) is 4. The van der Waals surface area contributed by atoms with Gasteiger partial charge in [-0.05, 0) is 19.4 Å². The molecule has 0 amide bonds. The van der Waals surface area contributed by atoms with Gasteiger partial charge < -0.3 is 10.4 Å². The molecule has 0 spiro atoms. The predicted octanol–water partition coefficient (Wildman–Crippen LogP) is 0.550. The van der Waals surface area contributed by atoms with Gasteiger partial charge in [0.25, 0.3) is 0 Å². The van der Waals surface area contributed by atoms with Crippen LogP contribution in [0.25, 0.3) is 0 Å². The van der Waals surface area contributed by atoms with Crippen LogP contribution in [0.15, 0.2) is 6.20 Å². The highest BCUT2D eigenvalue weighted by Crippen LogP contribution is 1.94. The molecule has 0 bridgehead atoms. The average Bonchev–Trinajstić information content (AvgIpc) is 2.69. The van der Waals surface area contributed by atoms with Gasteiger partial charge in [0.05, 0.1) is 5.69 Å². The second-order valence-electron chi connectivity index (χ2n) is 3.58. The quantitative estimate of drug-likeness (QED) is 0.618. The maximum Gasteiger partial charge on any atom is 0.0964 e. The van der Waals surface area contributed by atoms with Crippen LogP contribution in [0.2, 0.25) is 0 Å². The monoisotopic (exact) mass is 212 g/mol. The number of aliphatic hydroxyl groups is 1. The fraction of sp³-hybridized carbons (Fsp3) is 0.800. The maximum absolute atomic E-state index is 8.66. The summed E-state index contributed by atoms with van der Waals surface area (Å²) < 4.78 is 1.77. The fourth-order valence-corrected chi connectivity index (χ4v) is 1.28. The first-order valence-electron chi connectivity index (χ1n) is 5.57. The van der Waals surface area contributed by atoms with Crippen LogP contribution < -0.4 is 5.32 Å². The SMILES string of the molecule is CCCCNCc1cn(CCCO)nn1. The van der Waals surface area contributed by atoms with Crippen LogP contribution >= 0.6 is 0 Å². The Morgan fingerprint density at radius 3 is 3.07 bits per heavy atom. The number of unbranched alkanes of at least 4 members (excludes halogenated alkanes) is 1. The van der Waals surface area contributed by atoms with E-state index in [1.807, 2.05) is 6.20 Å². The van der Waals surface area contributed by atoms with E-state index in [2.05, 4.69) is 22.6 Å². The number of rotatable bonds is 8. The van der Waals surface area contributed by atoms with Gasteiger partial charge in [0.2, 0.25) is 0 Å². The zero-order valence-electron chi connectivity index (χ0n) is 9.32. The number of nitrogens with zero attached hydrogens (tertiary/aromatic N) is 3. The average molecular weight is 212 g/mol. The van der Waals surface area contributed by atoms with Gasteiger partial charge in [-0.15, -0.1) is 5.10 Å². The smallest absolute Gasteiger partial charge is 0.0964 e. The Hall–Kier alpha value is -0.940. The van der Waals surface area contributed by atoms with Gasteiger partial charge >= 0.3 is 0 Å². The van der Waals surface area contributed by atoms with E-state index in [1.54, 1.807) is 4.68 Å². The van der Waals surface area contributed by atoms with Crippen LogP contribution in [0.3, 0.4) is 0 Å². The minimum atomic E-state index is 0.198. The van der Waals surface area contributed by atoms with Crippen LogP contribution in [0.1, 0.15) is 31.9 Å². The number of nitrogens with one attached hydrogen (secondary N) is 1. The van der Waals surface area contributed by atoms with E-state index in [0.29, 0.717) is 0 Å². The highest BCUT2D eigenvalue weighted by molar-refractivity contribution is 4.91. The molecule has 0 fully saturated rings. The number of aryl methyl sites for hydroxylation is 1. The molecule has 0 aliphatic rings. The van der Waals surface area contributed by atoms with Gasteiger partial charge in [-0.2, -0.15) is 0 Å². The van der Waals surface area contributed by atoms with Crippen molar-refractivity contribution in [3.63, 3.8) is 0 Å².